The molecule has 0 N–H and O–H groups in total. The first-order valence-electron chi connectivity index (χ1n) is 11.3. The van der Waals surface area contributed by atoms with E-state index in [9.17, 15) is 0 Å². The van der Waals surface area contributed by atoms with Gasteiger partial charge in [-0.3, -0.25) is 0 Å². The van der Waals surface area contributed by atoms with Crippen molar-refractivity contribution in [2.75, 3.05) is 0 Å². The second-order valence-electron chi connectivity index (χ2n) is 8.24. The summed E-state index contributed by atoms with van der Waals surface area (Å²) < 4.78 is 0. The van der Waals surface area contributed by atoms with Gasteiger partial charge in [-0.05, 0) is 62.6 Å². The van der Waals surface area contributed by atoms with Crippen LogP contribution in [0.25, 0.3) is 32.7 Å². The lowest BCUT2D eigenvalue weighted by Crippen LogP contribution is -2.20. The van der Waals surface area contributed by atoms with Crippen LogP contribution in [0.15, 0.2) is 140 Å². The zero-order chi connectivity index (χ0) is 22.0. The topological polar surface area (TPSA) is 0 Å². The predicted molar refractivity (Wildman–Crippen MR) is 146 cm³/mol. The molecule has 0 amide bonds. The minimum atomic E-state index is -0.590. The summed E-state index contributed by atoms with van der Waals surface area (Å²) in [6, 6.07) is 50.8. The van der Waals surface area contributed by atoms with Gasteiger partial charge in [-0.2, -0.15) is 0 Å². The summed E-state index contributed by atoms with van der Waals surface area (Å²) in [5.41, 5.74) is 2.55. The molecule has 0 aliphatic carbocycles. The zero-order valence-electron chi connectivity index (χ0n) is 18.2. The first kappa shape index (κ1) is 19.9. The van der Waals surface area contributed by atoms with E-state index in [0.717, 1.165) is 0 Å². The second kappa shape index (κ2) is 8.66. The fourth-order valence-corrected chi connectivity index (χ4v) is 6.97. The molecule has 0 aliphatic heterocycles. The minimum absolute atomic E-state index is 0.590. The van der Waals surface area contributed by atoms with Crippen LogP contribution in [0.3, 0.4) is 0 Å². The average molecular weight is 439 g/mol. The quantitative estimate of drug-likeness (QED) is 0.198. The van der Waals surface area contributed by atoms with Gasteiger partial charge < -0.3 is 0 Å². The lowest BCUT2D eigenvalue weighted by Gasteiger charge is -2.20. The van der Waals surface area contributed by atoms with Gasteiger partial charge in [0.1, 0.15) is 0 Å². The molecule has 0 radical (unpaired) electrons. The van der Waals surface area contributed by atoms with Crippen molar-refractivity contribution >= 4 is 45.4 Å². The maximum atomic E-state index is 2.34. The Morgan fingerprint density at radius 2 is 0.848 bits per heavy atom. The molecule has 6 aromatic carbocycles. The summed E-state index contributed by atoms with van der Waals surface area (Å²) in [6.45, 7) is 0. The van der Waals surface area contributed by atoms with Crippen LogP contribution in [0.1, 0.15) is 0 Å². The van der Waals surface area contributed by atoms with E-state index in [-0.39, 0.29) is 0 Å². The molecule has 1 heteroatoms. The van der Waals surface area contributed by atoms with Crippen LogP contribution in [-0.4, -0.2) is 0 Å². The number of rotatable bonds is 4. The Morgan fingerprint density at radius 3 is 1.48 bits per heavy atom. The maximum Gasteiger partial charge on any atom is -0.00990 e. The molecule has 33 heavy (non-hydrogen) atoms. The van der Waals surface area contributed by atoms with Gasteiger partial charge in [0.2, 0.25) is 0 Å². The Labute approximate surface area is 195 Å². The van der Waals surface area contributed by atoms with Crippen molar-refractivity contribution in [3.8, 4) is 11.1 Å². The van der Waals surface area contributed by atoms with Crippen molar-refractivity contribution < 1.29 is 0 Å². The molecule has 0 aromatic heterocycles. The van der Waals surface area contributed by atoms with Gasteiger partial charge in [0.15, 0.2) is 0 Å². The highest BCUT2D eigenvalue weighted by atomic mass is 31.1. The monoisotopic (exact) mass is 438 g/mol. The largest absolute Gasteiger partial charge is 0.0622 e. The summed E-state index contributed by atoms with van der Waals surface area (Å²) in [5, 5.41) is 9.33. The van der Waals surface area contributed by atoms with Gasteiger partial charge in [-0.25, -0.2) is 0 Å². The third-order valence-corrected chi connectivity index (χ3v) is 8.68. The molecule has 0 spiro atoms. The van der Waals surface area contributed by atoms with Crippen LogP contribution in [0.5, 0.6) is 0 Å². The second-order valence-corrected chi connectivity index (χ2v) is 10.5. The molecule has 6 aromatic rings. The molecule has 0 fully saturated rings. The van der Waals surface area contributed by atoms with Gasteiger partial charge in [0.05, 0.1) is 0 Å². The summed E-state index contributed by atoms with van der Waals surface area (Å²) >= 11 is 0. The molecule has 6 rings (SSSR count). The summed E-state index contributed by atoms with van der Waals surface area (Å²) in [6.07, 6.45) is 0. The SMILES string of the molecule is c1ccc(P(c2ccccc2)c2ccc(-c3cc4ccccc4c4ccccc34)cc2)cc1. The van der Waals surface area contributed by atoms with E-state index in [2.05, 4.69) is 140 Å². The summed E-state index contributed by atoms with van der Waals surface area (Å²) in [4.78, 5) is 0. The standard InChI is InChI=1S/C32H23P/c1-3-12-26(13-4-1)33(27-14-5-2-6-15-27)28-21-19-24(20-22-28)32-23-25-11-7-8-16-29(25)30-17-9-10-18-31(30)32/h1-23H. The number of fused-ring (bicyclic) bond motifs is 3. The van der Waals surface area contributed by atoms with E-state index in [4.69, 9.17) is 0 Å². The molecule has 0 unspecified atom stereocenters. The number of hydrogen-bond donors (Lipinski definition) is 0. The van der Waals surface area contributed by atoms with Crippen LogP contribution < -0.4 is 15.9 Å². The van der Waals surface area contributed by atoms with Gasteiger partial charge in [0, 0.05) is 0 Å². The van der Waals surface area contributed by atoms with Gasteiger partial charge >= 0.3 is 0 Å². The molecular weight excluding hydrogens is 415 g/mol. The number of benzene rings is 6. The van der Waals surface area contributed by atoms with Crippen LogP contribution in [0, 0.1) is 0 Å². The molecule has 0 heterocycles. The van der Waals surface area contributed by atoms with Crippen molar-refractivity contribution in [3.05, 3.63) is 140 Å². The molecule has 0 saturated carbocycles. The molecule has 0 aliphatic rings. The zero-order valence-corrected chi connectivity index (χ0v) is 19.1. The smallest absolute Gasteiger partial charge is 0.00990 e. The van der Waals surface area contributed by atoms with Crippen LogP contribution in [-0.2, 0) is 0 Å². The summed E-state index contributed by atoms with van der Waals surface area (Å²) in [5.74, 6) is 0. The van der Waals surface area contributed by atoms with E-state index in [1.54, 1.807) is 0 Å². The van der Waals surface area contributed by atoms with Crippen molar-refractivity contribution in [2.45, 2.75) is 0 Å². The minimum Gasteiger partial charge on any atom is -0.0622 e. The average Bonchev–Trinajstić information content (AvgIpc) is 2.90. The Morgan fingerprint density at radius 1 is 0.364 bits per heavy atom. The molecular formula is C32H23P. The maximum absolute atomic E-state index is 2.34. The lowest BCUT2D eigenvalue weighted by atomic mass is 9.93. The molecule has 0 bridgehead atoms. The van der Waals surface area contributed by atoms with Gasteiger partial charge in [0.25, 0.3) is 0 Å². The molecule has 156 valence electrons. The van der Waals surface area contributed by atoms with E-state index in [0.29, 0.717) is 0 Å². The molecule has 0 atom stereocenters. The predicted octanol–water partition coefficient (Wildman–Crippen LogP) is 7.42. The van der Waals surface area contributed by atoms with E-state index in [1.165, 1.54) is 48.6 Å². The molecule has 0 nitrogen and oxygen atoms in total. The Bertz CT molecular complexity index is 1500. The van der Waals surface area contributed by atoms with Crippen LogP contribution in [0.2, 0.25) is 0 Å². The van der Waals surface area contributed by atoms with Crippen LogP contribution >= 0.6 is 7.92 Å². The van der Waals surface area contributed by atoms with E-state index in [1.807, 2.05) is 0 Å². The normalized spacial score (nSPS) is 11.3. The van der Waals surface area contributed by atoms with Crippen molar-refractivity contribution in [1.82, 2.24) is 0 Å². The molecule has 0 saturated heterocycles. The third kappa shape index (κ3) is 3.74. The van der Waals surface area contributed by atoms with E-state index >= 15 is 0 Å². The lowest BCUT2D eigenvalue weighted by molar-refractivity contribution is 1.69. The summed E-state index contributed by atoms with van der Waals surface area (Å²) in [7, 11) is -0.590. The highest BCUT2D eigenvalue weighted by Crippen LogP contribution is 2.37. The Balaban J connectivity index is 1.49. The van der Waals surface area contributed by atoms with Crippen molar-refractivity contribution in [1.29, 1.82) is 0 Å². The van der Waals surface area contributed by atoms with Gasteiger partial charge in [-0.1, -0.05) is 133 Å². The first-order valence-corrected chi connectivity index (χ1v) is 12.6. The fourth-order valence-electron chi connectivity index (χ4n) is 4.68. The van der Waals surface area contributed by atoms with Gasteiger partial charge in [-0.15, -0.1) is 0 Å². The third-order valence-electron chi connectivity index (χ3n) is 6.23. The highest BCUT2D eigenvalue weighted by molar-refractivity contribution is 7.79. The fraction of sp³-hybridized carbons (Fsp3) is 0. The number of hydrogen-bond acceptors (Lipinski definition) is 0. The highest BCUT2D eigenvalue weighted by Gasteiger charge is 2.16. The first-order chi connectivity index (χ1) is 16.4. The van der Waals surface area contributed by atoms with E-state index < -0.39 is 7.92 Å². The Hall–Kier alpha value is -3.73. The van der Waals surface area contributed by atoms with Crippen molar-refractivity contribution in [3.63, 3.8) is 0 Å². The Kier molecular flexibility index (Phi) is 5.23. The van der Waals surface area contributed by atoms with Crippen molar-refractivity contribution in [2.24, 2.45) is 0 Å². The van der Waals surface area contributed by atoms with Crippen LogP contribution in [0.4, 0.5) is 0 Å².